The van der Waals surface area contributed by atoms with Gasteiger partial charge in [-0.05, 0) is 18.6 Å². The number of aromatic nitrogens is 2. The van der Waals surface area contributed by atoms with Crippen LogP contribution >= 0.6 is 0 Å². The first-order chi connectivity index (χ1) is 11.7. The molecule has 0 spiro atoms. The molecule has 7 heteroatoms. The molecule has 2 aromatic rings. The lowest BCUT2D eigenvalue weighted by Crippen LogP contribution is -2.35. The molecule has 6 nitrogen and oxygen atoms in total. The second-order valence-electron chi connectivity index (χ2n) is 5.55. The number of rotatable bonds is 3. The van der Waals surface area contributed by atoms with Crippen molar-refractivity contribution in [2.75, 3.05) is 38.2 Å². The van der Waals surface area contributed by atoms with E-state index in [9.17, 15) is 9.18 Å². The first-order valence-corrected chi connectivity index (χ1v) is 7.83. The average Bonchev–Trinajstić information content (AvgIpc) is 2.88. The third kappa shape index (κ3) is 3.45. The lowest BCUT2D eigenvalue weighted by molar-refractivity contribution is 0.0766. The summed E-state index contributed by atoms with van der Waals surface area (Å²) in [7, 11) is 1.53. The number of ether oxygens (including phenoxy) is 1. The molecule has 0 radical (unpaired) electrons. The molecule has 3 rings (SSSR count). The summed E-state index contributed by atoms with van der Waals surface area (Å²) >= 11 is 0. The minimum Gasteiger partial charge on any atom is -0.481 e. The third-order valence-electron chi connectivity index (χ3n) is 4.07. The van der Waals surface area contributed by atoms with Crippen LogP contribution in [0, 0.1) is 5.82 Å². The van der Waals surface area contributed by atoms with Crippen LogP contribution in [-0.2, 0) is 0 Å². The number of hydrogen-bond donors (Lipinski definition) is 0. The maximum absolute atomic E-state index is 13.9. The second-order valence-corrected chi connectivity index (χ2v) is 5.55. The van der Waals surface area contributed by atoms with E-state index in [1.807, 2.05) is 4.90 Å². The van der Waals surface area contributed by atoms with Gasteiger partial charge in [0.2, 0.25) is 5.88 Å². The number of carbonyl (C=O) groups excluding carboxylic acids is 1. The van der Waals surface area contributed by atoms with Crippen molar-refractivity contribution in [3.05, 3.63) is 48.2 Å². The van der Waals surface area contributed by atoms with Crippen molar-refractivity contribution in [1.29, 1.82) is 0 Å². The Hall–Kier alpha value is -2.70. The lowest BCUT2D eigenvalue weighted by Gasteiger charge is -2.24. The number of anilines is 1. The van der Waals surface area contributed by atoms with Gasteiger partial charge in [0.05, 0.1) is 24.6 Å². The first kappa shape index (κ1) is 16.2. The number of pyridine rings is 2. The van der Waals surface area contributed by atoms with Gasteiger partial charge >= 0.3 is 0 Å². The summed E-state index contributed by atoms with van der Waals surface area (Å²) in [6, 6.07) is 5.04. The molecule has 0 aliphatic carbocycles. The minimum atomic E-state index is -0.336. The predicted molar refractivity (Wildman–Crippen MR) is 87.7 cm³/mol. The first-order valence-electron chi connectivity index (χ1n) is 7.83. The molecule has 0 unspecified atom stereocenters. The Balaban J connectivity index is 1.68. The predicted octanol–water partition coefficient (Wildman–Crippen LogP) is 1.98. The van der Waals surface area contributed by atoms with Gasteiger partial charge in [0.15, 0.2) is 5.82 Å². The van der Waals surface area contributed by atoms with Gasteiger partial charge in [-0.3, -0.25) is 9.78 Å². The highest BCUT2D eigenvalue weighted by Gasteiger charge is 2.22. The van der Waals surface area contributed by atoms with Gasteiger partial charge in [0, 0.05) is 44.6 Å². The number of carbonyl (C=O) groups is 1. The highest BCUT2D eigenvalue weighted by atomic mass is 19.1. The Kier molecular flexibility index (Phi) is 4.88. The van der Waals surface area contributed by atoms with E-state index in [0.29, 0.717) is 43.3 Å². The summed E-state index contributed by atoms with van der Waals surface area (Å²) in [5.41, 5.74) is 1.06. The van der Waals surface area contributed by atoms with Crippen LogP contribution < -0.4 is 9.64 Å². The Bertz CT molecular complexity index is 708. The van der Waals surface area contributed by atoms with E-state index < -0.39 is 0 Å². The molecule has 0 bridgehead atoms. The van der Waals surface area contributed by atoms with E-state index in [4.69, 9.17) is 4.74 Å². The molecule has 0 saturated carbocycles. The van der Waals surface area contributed by atoms with E-state index in [0.717, 1.165) is 6.42 Å². The van der Waals surface area contributed by atoms with Gasteiger partial charge in [-0.2, -0.15) is 0 Å². The highest BCUT2D eigenvalue weighted by Crippen LogP contribution is 2.20. The van der Waals surface area contributed by atoms with E-state index >= 15 is 0 Å². The van der Waals surface area contributed by atoms with Gasteiger partial charge in [0.1, 0.15) is 0 Å². The van der Waals surface area contributed by atoms with Crippen molar-refractivity contribution >= 4 is 11.6 Å². The fourth-order valence-corrected chi connectivity index (χ4v) is 2.80. The van der Waals surface area contributed by atoms with Crippen LogP contribution in [-0.4, -0.2) is 54.1 Å². The zero-order valence-corrected chi connectivity index (χ0v) is 13.5. The van der Waals surface area contributed by atoms with Gasteiger partial charge in [0.25, 0.3) is 5.91 Å². The molecular formula is C17H19FN4O2. The fourth-order valence-electron chi connectivity index (χ4n) is 2.80. The van der Waals surface area contributed by atoms with Crippen molar-refractivity contribution in [3.63, 3.8) is 0 Å². The third-order valence-corrected chi connectivity index (χ3v) is 4.07. The smallest absolute Gasteiger partial charge is 0.255 e. The van der Waals surface area contributed by atoms with Gasteiger partial charge < -0.3 is 14.5 Å². The Morgan fingerprint density at radius 3 is 2.75 bits per heavy atom. The number of nitrogens with zero attached hydrogens (tertiary/aromatic N) is 4. The summed E-state index contributed by atoms with van der Waals surface area (Å²) in [6.07, 6.45) is 5.09. The molecule has 1 aliphatic heterocycles. The van der Waals surface area contributed by atoms with Gasteiger partial charge in [-0.1, -0.05) is 0 Å². The minimum absolute atomic E-state index is 0.0674. The zero-order valence-electron chi connectivity index (χ0n) is 13.5. The number of hydrogen-bond acceptors (Lipinski definition) is 5. The summed E-state index contributed by atoms with van der Waals surface area (Å²) in [5, 5.41) is 0. The fraction of sp³-hybridized carbons (Fsp3) is 0.353. The molecule has 1 fully saturated rings. The Morgan fingerprint density at radius 1 is 1.17 bits per heavy atom. The molecule has 0 atom stereocenters. The van der Waals surface area contributed by atoms with Crippen LogP contribution in [0.25, 0.3) is 0 Å². The van der Waals surface area contributed by atoms with E-state index in [2.05, 4.69) is 9.97 Å². The molecule has 1 saturated heterocycles. The monoisotopic (exact) mass is 330 g/mol. The summed E-state index contributed by atoms with van der Waals surface area (Å²) in [5.74, 6) is 0.0700. The van der Waals surface area contributed by atoms with Crippen molar-refractivity contribution in [2.45, 2.75) is 6.42 Å². The lowest BCUT2D eigenvalue weighted by atomic mass is 10.2. The van der Waals surface area contributed by atoms with Crippen LogP contribution in [0.15, 0.2) is 36.8 Å². The molecule has 24 heavy (non-hydrogen) atoms. The standard InChI is InChI=1S/C17H19FN4O2/c1-24-16-4-3-13(11-20-16)17(23)22-8-2-7-21(9-10-22)15-5-6-19-12-14(15)18/h3-6,11-12H,2,7-10H2,1H3. The Morgan fingerprint density at radius 2 is 2.04 bits per heavy atom. The molecule has 3 heterocycles. The van der Waals surface area contributed by atoms with Crippen molar-refractivity contribution in [1.82, 2.24) is 14.9 Å². The maximum atomic E-state index is 13.9. The summed E-state index contributed by atoms with van der Waals surface area (Å²) < 4.78 is 18.9. The van der Waals surface area contributed by atoms with E-state index in [-0.39, 0.29) is 11.7 Å². The number of amides is 1. The van der Waals surface area contributed by atoms with Crippen LogP contribution in [0.1, 0.15) is 16.8 Å². The van der Waals surface area contributed by atoms with Crippen molar-refractivity contribution in [2.24, 2.45) is 0 Å². The van der Waals surface area contributed by atoms with Crippen molar-refractivity contribution in [3.8, 4) is 5.88 Å². The molecule has 0 aromatic carbocycles. The average molecular weight is 330 g/mol. The Labute approximate surface area is 139 Å². The topological polar surface area (TPSA) is 58.6 Å². The van der Waals surface area contributed by atoms with Crippen LogP contribution in [0.5, 0.6) is 5.88 Å². The molecule has 1 amide bonds. The summed E-state index contributed by atoms with van der Waals surface area (Å²) in [4.78, 5) is 24.2. The van der Waals surface area contributed by atoms with E-state index in [1.54, 1.807) is 29.3 Å². The quantitative estimate of drug-likeness (QED) is 0.861. The zero-order chi connectivity index (χ0) is 16.9. The van der Waals surface area contributed by atoms with Crippen molar-refractivity contribution < 1.29 is 13.9 Å². The number of halogens is 1. The van der Waals surface area contributed by atoms with Gasteiger partial charge in [-0.25, -0.2) is 9.37 Å². The highest BCUT2D eigenvalue weighted by molar-refractivity contribution is 5.94. The second kappa shape index (κ2) is 7.25. The SMILES string of the molecule is COc1ccc(C(=O)N2CCCN(c3ccncc3F)CC2)cn1. The van der Waals surface area contributed by atoms with Crippen LogP contribution in [0.3, 0.4) is 0 Å². The van der Waals surface area contributed by atoms with Gasteiger partial charge in [-0.15, -0.1) is 0 Å². The summed E-state index contributed by atoms with van der Waals surface area (Å²) in [6.45, 7) is 2.45. The largest absolute Gasteiger partial charge is 0.481 e. The number of methoxy groups -OCH3 is 1. The molecule has 2 aromatic heterocycles. The molecule has 126 valence electrons. The molecule has 0 N–H and O–H groups in total. The normalized spacial score (nSPS) is 15.1. The molecule has 1 aliphatic rings. The molecular weight excluding hydrogens is 311 g/mol. The van der Waals surface area contributed by atoms with Crippen LogP contribution in [0.2, 0.25) is 0 Å². The van der Waals surface area contributed by atoms with Crippen LogP contribution in [0.4, 0.5) is 10.1 Å². The van der Waals surface area contributed by atoms with E-state index in [1.165, 1.54) is 19.5 Å². The maximum Gasteiger partial charge on any atom is 0.255 e.